The molecule has 1 aromatic carbocycles. The lowest BCUT2D eigenvalue weighted by Gasteiger charge is -1.97. The molecule has 0 fully saturated rings. The summed E-state index contributed by atoms with van der Waals surface area (Å²) in [6.45, 7) is 0. The van der Waals surface area contributed by atoms with Gasteiger partial charge in [0, 0.05) is 11.1 Å². The van der Waals surface area contributed by atoms with Crippen molar-refractivity contribution in [3.8, 4) is 0 Å². The maximum atomic E-state index is 4.00. The Kier molecular flexibility index (Phi) is 2.57. The summed E-state index contributed by atoms with van der Waals surface area (Å²) < 4.78 is 0. The van der Waals surface area contributed by atoms with Crippen LogP contribution in [0.1, 0.15) is 0 Å². The number of rotatable bonds is 2. The highest BCUT2D eigenvalue weighted by molar-refractivity contribution is 7.99. The highest BCUT2D eigenvalue weighted by Gasteiger charge is 1.95. The summed E-state index contributed by atoms with van der Waals surface area (Å²) in [5.74, 6) is 0. The first-order valence-corrected chi connectivity index (χ1v) is 4.69. The van der Waals surface area contributed by atoms with E-state index in [-0.39, 0.29) is 0 Å². The van der Waals surface area contributed by atoms with E-state index in [1.807, 2.05) is 36.4 Å². The molecule has 2 aromatic rings. The minimum Gasteiger partial charge on any atom is -0.234 e. The molecule has 1 radical (unpaired) electrons. The Morgan fingerprint density at radius 1 is 1.08 bits per heavy atom. The zero-order chi connectivity index (χ0) is 8.93. The van der Waals surface area contributed by atoms with Crippen molar-refractivity contribution < 1.29 is 0 Å². The summed E-state index contributed by atoms with van der Waals surface area (Å²) in [5, 5.41) is 0.918. The molecule has 0 aliphatic heterocycles. The second-order valence-corrected chi connectivity index (χ2v) is 3.50. The first-order valence-electron chi connectivity index (χ1n) is 3.87. The van der Waals surface area contributed by atoms with Crippen LogP contribution in [0.3, 0.4) is 0 Å². The molecule has 0 amide bonds. The summed E-state index contributed by atoms with van der Waals surface area (Å²) in [4.78, 5) is 8.91. The predicted octanol–water partition coefficient (Wildman–Crippen LogP) is 2.43. The number of aromatic nitrogens is 2. The van der Waals surface area contributed by atoms with Gasteiger partial charge in [-0.2, -0.15) is 0 Å². The molecule has 0 spiro atoms. The van der Waals surface area contributed by atoms with Crippen molar-refractivity contribution in [2.45, 2.75) is 9.92 Å². The zero-order valence-corrected chi connectivity index (χ0v) is 7.66. The fraction of sp³-hybridized carbons (Fsp3) is 0. The highest BCUT2D eigenvalue weighted by Crippen LogP contribution is 2.24. The standard InChI is InChI=1S/C10H7N2S/c1-2-4-9(5-3-1)13-10-6-7-11-8-12-10/h1-7H. The second kappa shape index (κ2) is 4.05. The van der Waals surface area contributed by atoms with Crippen LogP contribution < -0.4 is 0 Å². The molecule has 2 rings (SSSR count). The normalized spacial score (nSPS) is 9.85. The molecule has 0 N–H and O–H groups in total. The van der Waals surface area contributed by atoms with Gasteiger partial charge in [-0.1, -0.05) is 30.0 Å². The smallest absolute Gasteiger partial charge is 0.198 e. The number of hydrogen-bond acceptors (Lipinski definition) is 3. The van der Waals surface area contributed by atoms with Crippen molar-refractivity contribution in [2.75, 3.05) is 0 Å². The van der Waals surface area contributed by atoms with Crippen molar-refractivity contribution in [3.63, 3.8) is 0 Å². The van der Waals surface area contributed by atoms with Gasteiger partial charge in [0.1, 0.15) is 5.03 Å². The van der Waals surface area contributed by atoms with Crippen molar-refractivity contribution in [1.29, 1.82) is 0 Å². The molecule has 0 bridgehead atoms. The number of hydrogen-bond donors (Lipinski definition) is 0. The molecule has 0 unspecified atom stereocenters. The van der Waals surface area contributed by atoms with Crippen LogP contribution in [-0.2, 0) is 0 Å². The van der Waals surface area contributed by atoms with Crippen LogP contribution in [0.4, 0.5) is 0 Å². The van der Waals surface area contributed by atoms with Crippen LogP contribution in [0.15, 0.2) is 52.5 Å². The van der Waals surface area contributed by atoms with Gasteiger partial charge in [0.2, 0.25) is 0 Å². The van der Waals surface area contributed by atoms with Gasteiger partial charge in [-0.05, 0) is 18.2 Å². The van der Waals surface area contributed by atoms with Crippen molar-refractivity contribution in [2.24, 2.45) is 0 Å². The van der Waals surface area contributed by atoms with E-state index in [0.717, 1.165) is 5.03 Å². The van der Waals surface area contributed by atoms with E-state index >= 15 is 0 Å². The molecular formula is C10H7N2S. The summed E-state index contributed by atoms with van der Waals surface area (Å²) in [7, 11) is 0. The highest BCUT2D eigenvalue weighted by atomic mass is 32.2. The topological polar surface area (TPSA) is 25.8 Å². The molecule has 0 saturated heterocycles. The van der Waals surface area contributed by atoms with Gasteiger partial charge in [0.25, 0.3) is 0 Å². The van der Waals surface area contributed by atoms with Gasteiger partial charge in [0.05, 0.1) is 0 Å². The van der Waals surface area contributed by atoms with Crippen LogP contribution >= 0.6 is 11.8 Å². The van der Waals surface area contributed by atoms with Gasteiger partial charge >= 0.3 is 0 Å². The Hall–Kier alpha value is -1.35. The first-order chi connectivity index (χ1) is 6.45. The Morgan fingerprint density at radius 2 is 1.92 bits per heavy atom. The van der Waals surface area contributed by atoms with E-state index in [4.69, 9.17) is 0 Å². The van der Waals surface area contributed by atoms with E-state index in [0.29, 0.717) is 0 Å². The molecule has 2 nitrogen and oxygen atoms in total. The quantitative estimate of drug-likeness (QED) is 0.675. The Balaban J connectivity index is 2.16. The fourth-order valence-electron chi connectivity index (χ4n) is 0.916. The Labute approximate surface area is 81.1 Å². The molecule has 1 heterocycles. The number of benzene rings is 1. The van der Waals surface area contributed by atoms with Gasteiger partial charge in [-0.15, -0.1) is 0 Å². The second-order valence-electron chi connectivity index (χ2n) is 2.41. The molecule has 0 atom stereocenters. The average Bonchev–Trinajstić information content (AvgIpc) is 2.21. The van der Waals surface area contributed by atoms with Crippen molar-refractivity contribution in [3.05, 3.63) is 48.9 Å². The lowest BCUT2D eigenvalue weighted by atomic mass is 10.4. The Morgan fingerprint density at radius 3 is 2.62 bits per heavy atom. The van der Waals surface area contributed by atoms with E-state index < -0.39 is 0 Å². The third-order valence-electron chi connectivity index (χ3n) is 1.48. The Bertz CT molecular complexity index is 324. The monoisotopic (exact) mass is 187 g/mol. The average molecular weight is 187 g/mol. The van der Waals surface area contributed by atoms with Crippen LogP contribution in [0.5, 0.6) is 0 Å². The summed E-state index contributed by atoms with van der Waals surface area (Å²) in [6.07, 6.45) is 4.25. The van der Waals surface area contributed by atoms with Gasteiger partial charge < -0.3 is 0 Å². The first kappa shape index (κ1) is 8.26. The minimum absolute atomic E-state index is 0.918. The summed E-state index contributed by atoms with van der Waals surface area (Å²) in [6, 6.07) is 12.0. The fourth-order valence-corrected chi connectivity index (χ4v) is 1.67. The van der Waals surface area contributed by atoms with Crippen LogP contribution in [-0.4, -0.2) is 9.97 Å². The third-order valence-corrected chi connectivity index (χ3v) is 2.42. The summed E-state index contributed by atoms with van der Waals surface area (Å²) in [5.41, 5.74) is 0. The van der Waals surface area contributed by atoms with Crippen LogP contribution in [0, 0.1) is 6.33 Å². The van der Waals surface area contributed by atoms with Gasteiger partial charge in [0.15, 0.2) is 6.33 Å². The van der Waals surface area contributed by atoms with E-state index in [9.17, 15) is 0 Å². The molecule has 0 saturated carbocycles. The van der Waals surface area contributed by atoms with Gasteiger partial charge in [-0.3, -0.25) is 0 Å². The molecule has 13 heavy (non-hydrogen) atoms. The van der Waals surface area contributed by atoms with Gasteiger partial charge in [-0.25, -0.2) is 9.97 Å². The lowest BCUT2D eigenvalue weighted by molar-refractivity contribution is 1.03. The SMILES string of the molecule is [c]1nccc(Sc2ccccc2)n1. The molecule has 63 valence electrons. The van der Waals surface area contributed by atoms with Crippen molar-refractivity contribution >= 4 is 11.8 Å². The number of nitrogens with zero attached hydrogens (tertiary/aromatic N) is 2. The predicted molar refractivity (Wildman–Crippen MR) is 51.4 cm³/mol. The lowest BCUT2D eigenvalue weighted by Crippen LogP contribution is -1.80. The van der Waals surface area contributed by atoms with E-state index in [2.05, 4.69) is 16.3 Å². The van der Waals surface area contributed by atoms with Crippen LogP contribution in [0.2, 0.25) is 0 Å². The van der Waals surface area contributed by atoms with E-state index in [1.165, 1.54) is 4.90 Å². The van der Waals surface area contributed by atoms with Crippen molar-refractivity contribution in [1.82, 2.24) is 9.97 Å². The zero-order valence-electron chi connectivity index (χ0n) is 6.84. The van der Waals surface area contributed by atoms with E-state index in [1.54, 1.807) is 18.0 Å². The molecule has 1 aromatic heterocycles. The summed E-state index contributed by atoms with van der Waals surface area (Å²) >= 11 is 1.61. The third kappa shape index (κ3) is 2.29. The molecule has 0 aliphatic rings. The minimum atomic E-state index is 0.918. The maximum absolute atomic E-state index is 4.00. The van der Waals surface area contributed by atoms with Crippen LogP contribution in [0.25, 0.3) is 0 Å². The largest absolute Gasteiger partial charge is 0.234 e. The maximum Gasteiger partial charge on any atom is 0.198 e. The molecule has 3 heteroatoms. The molecule has 0 aliphatic carbocycles. The molecular weight excluding hydrogens is 180 g/mol.